The van der Waals surface area contributed by atoms with E-state index in [4.69, 9.17) is 0 Å². The average Bonchev–Trinajstić information content (AvgIpc) is 3.35. The van der Waals surface area contributed by atoms with E-state index in [-0.39, 0.29) is 0 Å². The second-order valence-electron chi connectivity index (χ2n) is 8.00. The van der Waals surface area contributed by atoms with E-state index in [1.54, 1.807) is 0 Å². The molecule has 0 radical (unpaired) electrons. The van der Waals surface area contributed by atoms with Gasteiger partial charge in [-0.2, -0.15) is 0 Å². The van der Waals surface area contributed by atoms with Crippen molar-refractivity contribution in [2.45, 2.75) is 31.7 Å². The van der Waals surface area contributed by atoms with E-state index in [0.29, 0.717) is 12.0 Å². The monoisotopic (exact) mass is 345 g/mol. The number of anilines is 1. The molecule has 2 aromatic carbocycles. The van der Waals surface area contributed by atoms with E-state index in [1.165, 1.54) is 59.2 Å². The summed E-state index contributed by atoms with van der Waals surface area (Å²) in [5, 5.41) is 1.30. The fraction of sp³-hybridized carbons (Fsp3) is 0.391. The summed E-state index contributed by atoms with van der Waals surface area (Å²) in [6, 6.07) is 16.7. The van der Waals surface area contributed by atoms with Gasteiger partial charge in [-0.05, 0) is 79.2 Å². The van der Waals surface area contributed by atoms with Gasteiger partial charge < -0.3 is 9.88 Å². The number of H-pyrrole nitrogens is 1. The molecule has 0 aliphatic carbocycles. The summed E-state index contributed by atoms with van der Waals surface area (Å²) in [7, 11) is 2.26. The first-order chi connectivity index (χ1) is 12.7. The van der Waals surface area contributed by atoms with Gasteiger partial charge in [0.15, 0.2) is 0 Å². The molecule has 1 aromatic heterocycles. The largest absolute Gasteiger partial charge is 0.372 e. The van der Waals surface area contributed by atoms with Gasteiger partial charge in [0.1, 0.15) is 0 Å². The molecule has 26 heavy (non-hydrogen) atoms. The van der Waals surface area contributed by atoms with Crippen LogP contribution in [0.4, 0.5) is 5.69 Å². The number of likely N-dealkylation sites (N-methyl/N-ethyl adjacent to an activating group) is 1. The van der Waals surface area contributed by atoms with Crippen molar-refractivity contribution in [1.29, 1.82) is 0 Å². The molecule has 3 aromatic rings. The standard InChI is InChI=1S/C23H27N3/c1-16-21-14-19(26-11-3-4-12-26)6-7-20(21)22(15-25(16)2)17-5-8-23-18(13-17)9-10-24-23/h5-10,13-14,16,22,24H,3-4,11-12,15H2,1-2H3. The first kappa shape index (κ1) is 16.0. The summed E-state index contributed by atoms with van der Waals surface area (Å²) >= 11 is 0. The highest BCUT2D eigenvalue weighted by molar-refractivity contribution is 5.80. The van der Waals surface area contributed by atoms with Crippen LogP contribution in [-0.2, 0) is 0 Å². The Hall–Kier alpha value is -2.26. The van der Waals surface area contributed by atoms with Gasteiger partial charge in [-0.3, -0.25) is 4.90 Å². The van der Waals surface area contributed by atoms with Crippen molar-refractivity contribution >= 4 is 16.6 Å². The van der Waals surface area contributed by atoms with Crippen LogP contribution < -0.4 is 4.90 Å². The van der Waals surface area contributed by atoms with E-state index in [1.807, 2.05) is 6.20 Å². The lowest BCUT2D eigenvalue weighted by Crippen LogP contribution is -2.34. The third-order valence-corrected chi connectivity index (χ3v) is 6.48. The zero-order valence-electron chi connectivity index (χ0n) is 15.7. The van der Waals surface area contributed by atoms with Crippen molar-refractivity contribution in [2.75, 3.05) is 31.6 Å². The molecule has 2 aliphatic rings. The van der Waals surface area contributed by atoms with Gasteiger partial charge in [0.05, 0.1) is 0 Å². The molecule has 2 aliphatic heterocycles. The Labute approximate surface area is 155 Å². The third-order valence-electron chi connectivity index (χ3n) is 6.48. The molecule has 1 saturated heterocycles. The minimum absolute atomic E-state index is 0.443. The second-order valence-corrected chi connectivity index (χ2v) is 8.00. The van der Waals surface area contributed by atoms with E-state index in [2.05, 4.69) is 71.2 Å². The zero-order valence-corrected chi connectivity index (χ0v) is 15.7. The molecule has 3 heteroatoms. The van der Waals surface area contributed by atoms with E-state index >= 15 is 0 Å². The molecule has 0 spiro atoms. The van der Waals surface area contributed by atoms with Crippen molar-refractivity contribution in [1.82, 2.24) is 9.88 Å². The predicted molar refractivity (Wildman–Crippen MR) is 109 cm³/mol. The molecule has 3 heterocycles. The summed E-state index contributed by atoms with van der Waals surface area (Å²) in [4.78, 5) is 8.35. The second kappa shape index (κ2) is 6.17. The maximum atomic E-state index is 3.31. The van der Waals surface area contributed by atoms with Crippen LogP contribution in [0.3, 0.4) is 0 Å². The maximum absolute atomic E-state index is 3.31. The van der Waals surface area contributed by atoms with Crippen LogP contribution in [0, 0.1) is 0 Å². The third kappa shape index (κ3) is 2.53. The number of nitrogens with one attached hydrogen (secondary N) is 1. The lowest BCUT2D eigenvalue weighted by molar-refractivity contribution is 0.234. The molecule has 0 bridgehead atoms. The Morgan fingerprint density at radius 1 is 0.962 bits per heavy atom. The minimum atomic E-state index is 0.443. The number of nitrogens with zero attached hydrogens (tertiary/aromatic N) is 2. The van der Waals surface area contributed by atoms with E-state index in [0.717, 1.165) is 6.54 Å². The molecule has 1 fully saturated rings. The van der Waals surface area contributed by atoms with Crippen LogP contribution in [0.15, 0.2) is 48.7 Å². The summed E-state index contributed by atoms with van der Waals surface area (Å²) in [5.74, 6) is 0.443. The summed E-state index contributed by atoms with van der Waals surface area (Å²) in [6.07, 6.45) is 4.68. The van der Waals surface area contributed by atoms with Crippen molar-refractivity contribution in [3.05, 3.63) is 65.4 Å². The molecule has 2 unspecified atom stereocenters. The number of aromatic amines is 1. The number of aromatic nitrogens is 1. The van der Waals surface area contributed by atoms with Gasteiger partial charge in [-0.15, -0.1) is 0 Å². The zero-order chi connectivity index (χ0) is 17.7. The SMILES string of the molecule is CC1c2cc(N3CCCC3)ccc2C(c2ccc3[nH]ccc3c2)CN1C. The van der Waals surface area contributed by atoms with Crippen LogP contribution >= 0.6 is 0 Å². The molecule has 0 saturated carbocycles. The van der Waals surface area contributed by atoms with Gasteiger partial charge in [0, 0.05) is 49.0 Å². The normalized spacial score (nSPS) is 23.5. The Morgan fingerprint density at radius 2 is 1.81 bits per heavy atom. The van der Waals surface area contributed by atoms with Crippen LogP contribution in [0.25, 0.3) is 10.9 Å². The molecule has 2 atom stereocenters. The van der Waals surface area contributed by atoms with Crippen molar-refractivity contribution in [3.8, 4) is 0 Å². The maximum Gasteiger partial charge on any atom is 0.0454 e. The smallest absolute Gasteiger partial charge is 0.0454 e. The van der Waals surface area contributed by atoms with Crippen LogP contribution in [0.2, 0.25) is 0 Å². The molecule has 0 amide bonds. The molecular formula is C23H27N3. The minimum Gasteiger partial charge on any atom is -0.372 e. The molecule has 5 rings (SSSR count). The van der Waals surface area contributed by atoms with E-state index < -0.39 is 0 Å². The van der Waals surface area contributed by atoms with Gasteiger partial charge >= 0.3 is 0 Å². The number of hydrogen-bond donors (Lipinski definition) is 1. The van der Waals surface area contributed by atoms with Crippen LogP contribution in [0.1, 0.15) is 48.4 Å². The predicted octanol–water partition coefficient (Wildman–Crippen LogP) is 4.91. The van der Waals surface area contributed by atoms with E-state index in [9.17, 15) is 0 Å². The average molecular weight is 345 g/mol. The van der Waals surface area contributed by atoms with Gasteiger partial charge in [-0.25, -0.2) is 0 Å². The highest BCUT2D eigenvalue weighted by Crippen LogP contribution is 2.41. The topological polar surface area (TPSA) is 22.3 Å². The first-order valence-corrected chi connectivity index (χ1v) is 9.87. The quantitative estimate of drug-likeness (QED) is 0.713. The highest BCUT2D eigenvalue weighted by Gasteiger charge is 2.30. The van der Waals surface area contributed by atoms with Crippen LogP contribution in [-0.4, -0.2) is 36.6 Å². The fourth-order valence-corrected chi connectivity index (χ4v) is 4.77. The van der Waals surface area contributed by atoms with Crippen molar-refractivity contribution in [3.63, 3.8) is 0 Å². The van der Waals surface area contributed by atoms with Gasteiger partial charge in [-0.1, -0.05) is 12.1 Å². The number of fused-ring (bicyclic) bond motifs is 2. The van der Waals surface area contributed by atoms with Crippen molar-refractivity contribution in [2.24, 2.45) is 0 Å². The molecule has 134 valence electrons. The summed E-state index contributed by atoms with van der Waals surface area (Å²) in [5.41, 5.74) is 7.06. The first-order valence-electron chi connectivity index (χ1n) is 9.87. The Morgan fingerprint density at radius 3 is 2.65 bits per heavy atom. The molecule has 1 N–H and O–H groups in total. The van der Waals surface area contributed by atoms with Gasteiger partial charge in [0.25, 0.3) is 0 Å². The van der Waals surface area contributed by atoms with Crippen molar-refractivity contribution < 1.29 is 0 Å². The Kier molecular flexibility index (Phi) is 3.79. The molecular weight excluding hydrogens is 318 g/mol. The number of hydrogen-bond acceptors (Lipinski definition) is 2. The van der Waals surface area contributed by atoms with Gasteiger partial charge in [0.2, 0.25) is 0 Å². The number of rotatable bonds is 2. The summed E-state index contributed by atoms with van der Waals surface area (Å²) < 4.78 is 0. The van der Waals surface area contributed by atoms with Crippen LogP contribution in [0.5, 0.6) is 0 Å². The Bertz CT molecular complexity index is 936. The summed E-state index contributed by atoms with van der Waals surface area (Å²) in [6.45, 7) is 5.83. The highest BCUT2D eigenvalue weighted by atomic mass is 15.2. The molecule has 3 nitrogen and oxygen atoms in total. The number of benzene rings is 2. The Balaban J connectivity index is 1.58. The lowest BCUT2D eigenvalue weighted by atomic mass is 9.81. The lowest BCUT2D eigenvalue weighted by Gasteiger charge is -2.38. The fourth-order valence-electron chi connectivity index (χ4n) is 4.77.